The topological polar surface area (TPSA) is 72.7 Å². The Morgan fingerprint density at radius 2 is 2.12 bits per heavy atom. The predicted molar refractivity (Wildman–Crippen MR) is 102 cm³/mol. The molecular weight excluding hydrogens is 402 g/mol. The summed E-state index contributed by atoms with van der Waals surface area (Å²) < 4.78 is 2.82. The molecule has 0 saturated carbocycles. The number of aromatic nitrogens is 4. The number of halogens is 1. The number of nitrogens with zero attached hydrogens (tertiary/aromatic N) is 4. The summed E-state index contributed by atoms with van der Waals surface area (Å²) in [5.74, 6) is 0.842. The van der Waals surface area contributed by atoms with E-state index in [1.165, 1.54) is 11.8 Å². The largest absolute Gasteiger partial charge is 0.325 e. The van der Waals surface area contributed by atoms with Crippen molar-refractivity contribution in [1.82, 2.24) is 19.7 Å². The molecule has 25 heavy (non-hydrogen) atoms. The molecule has 3 rings (SSSR count). The van der Waals surface area contributed by atoms with Crippen LogP contribution in [0.25, 0.3) is 11.5 Å². The first-order valence-electron chi connectivity index (χ1n) is 7.54. The summed E-state index contributed by atoms with van der Waals surface area (Å²) in [6.45, 7) is 1.95. The maximum Gasteiger partial charge on any atom is 0.234 e. The van der Waals surface area contributed by atoms with Crippen LogP contribution in [0, 0.1) is 6.92 Å². The molecule has 2 aromatic heterocycles. The maximum absolute atomic E-state index is 12.2. The number of thioether (sulfide) groups is 1. The number of hydrogen-bond acceptors (Lipinski definition) is 5. The second kappa shape index (κ2) is 7.79. The zero-order valence-corrected chi connectivity index (χ0v) is 16.1. The molecule has 0 unspecified atom stereocenters. The van der Waals surface area contributed by atoms with Gasteiger partial charge in [-0.2, -0.15) is 0 Å². The molecule has 0 bridgehead atoms. The van der Waals surface area contributed by atoms with E-state index in [0.717, 1.165) is 21.4 Å². The summed E-state index contributed by atoms with van der Waals surface area (Å²) in [5, 5.41) is 11.9. The van der Waals surface area contributed by atoms with Crippen LogP contribution in [0.4, 0.5) is 5.69 Å². The van der Waals surface area contributed by atoms with Crippen molar-refractivity contribution in [1.29, 1.82) is 0 Å². The average molecular weight is 418 g/mol. The standard InChI is InChI=1S/C17H16BrN5OS/c1-11-9-12(18)6-7-13(11)20-15(24)10-25-17-22-21-16(23(17)2)14-5-3-4-8-19-14/h3-9H,10H2,1-2H3,(H,20,24). The summed E-state index contributed by atoms with van der Waals surface area (Å²) >= 11 is 4.75. The van der Waals surface area contributed by atoms with Crippen molar-refractivity contribution in [2.24, 2.45) is 7.05 Å². The molecule has 128 valence electrons. The van der Waals surface area contributed by atoms with Crippen LogP contribution in [-0.2, 0) is 11.8 Å². The van der Waals surface area contributed by atoms with Crippen molar-refractivity contribution >= 4 is 39.3 Å². The van der Waals surface area contributed by atoms with Gasteiger partial charge in [-0.1, -0.05) is 33.8 Å². The highest BCUT2D eigenvalue weighted by Crippen LogP contribution is 2.23. The Bertz CT molecular complexity index is 897. The Morgan fingerprint density at radius 3 is 2.84 bits per heavy atom. The van der Waals surface area contributed by atoms with Crippen molar-refractivity contribution in [3.8, 4) is 11.5 Å². The summed E-state index contributed by atoms with van der Waals surface area (Å²) in [6, 6.07) is 11.4. The first kappa shape index (κ1) is 17.6. The molecule has 1 N–H and O–H groups in total. The van der Waals surface area contributed by atoms with Crippen LogP contribution in [0.2, 0.25) is 0 Å². The second-order valence-electron chi connectivity index (χ2n) is 5.38. The molecule has 1 amide bonds. The highest BCUT2D eigenvalue weighted by molar-refractivity contribution is 9.10. The molecule has 1 aromatic carbocycles. The van der Waals surface area contributed by atoms with Crippen LogP contribution in [0.3, 0.4) is 0 Å². The van der Waals surface area contributed by atoms with Gasteiger partial charge in [-0.25, -0.2) is 0 Å². The highest BCUT2D eigenvalue weighted by Gasteiger charge is 2.14. The SMILES string of the molecule is Cc1cc(Br)ccc1NC(=O)CSc1nnc(-c2ccccn2)n1C. The fraction of sp³-hybridized carbons (Fsp3) is 0.176. The van der Waals surface area contributed by atoms with Crippen molar-refractivity contribution in [2.75, 3.05) is 11.1 Å². The zero-order chi connectivity index (χ0) is 17.8. The second-order valence-corrected chi connectivity index (χ2v) is 7.23. The van der Waals surface area contributed by atoms with Crippen molar-refractivity contribution in [2.45, 2.75) is 12.1 Å². The quantitative estimate of drug-likeness (QED) is 0.640. The lowest BCUT2D eigenvalue weighted by Crippen LogP contribution is -2.15. The van der Waals surface area contributed by atoms with Crippen LogP contribution in [-0.4, -0.2) is 31.4 Å². The van der Waals surface area contributed by atoms with E-state index >= 15 is 0 Å². The minimum absolute atomic E-state index is 0.0854. The van der Waals surface area contributed by atoms with Gasteiger partial charge in [-0.05, 0) is 42.8 Å². The molecule has 0 fully saturated rings. The summed E-state index contributed by atoms with van der Waals surface area (Å²) in [6.07, 6.45) is 1.71. The number of nitrogens with one attached hydrogen (secondary N) is 1. The number of benzene rings is 1. The molecule has 0 aliphatic heterocycles. The van der Waals surface area contributed by atoms with Gasteiger partial charge in [0.1, 0.15) is 5.69 Å². The molecule has 0 aliphatic carbocycles. The molecule has 3 aromatic rings. The normalized spacial score (nSPS) is 10.7. The minimum Gasteiger partial charge on any atom is -0.325 e. The molecule has 2 heterocycles. The maximum atomic E-state index is 12.2. The van der Waals surface area contributed by atoms with Crippen LogP contribution in [0.15, 0.2) is 52.2 Å². The fourth-order valence-corrected chi connectivity index (χ4v) is 3.43. The lowest BCUT2D eigenvalue weighted by Gasteiger charge is -2.08. The van der Waals surface area contributed by atoms with Crippen molar-refractivity contribution in [3.05, 3.63) is 52.6 Å². The van der Waals surface area contributed by atoms with Crippen LogP contribution >= 0.6 is 27.7 Å². The first-order valence-corrected chi connectivity index (χ1v) is 9.32. The summed E-state index contributed by atoms with van der Waals surface area (Å²) in [4.78, 5) is 16.5. The van der Waals surface area contributed by atoms with E-state index in [-0.39, 0.29) is 11.7 Å². The number of pyridine rings is 1. The molecule has 6 nitrogen and oxygen atoms in total. The molecule has 0 radical (unpaired) electrons. The van der Waals surface area contributed by atoms with Gasteiger partial charge >= 0.3 is 0 Å². The van der Waals surface area contributed by atoms with E-state index in [9.17, 15) is 4.79 Å². The zero-order valence-electron chi connectivity index (χ0n) is 13.7. The Hall–Kier alpha value is -2.19. The summed E-state index contributed by atoms with van der Waals surface area (Å²) in [5.41, 5.74) is 2.56. The van der Waals surface area contributed by atoms with Crippen molar-refractivity contribution < 1.29 is 4.79 Å². The number of rotatable bonds is 5. The van der Waals surface area contributed by atoms with Gasteiger partial charge in [-0.15, -0.1) is 10.2 Å². The fourth-order valence-electron chi connectivity index (χ4n) is 2.24. The van der Waals surface area contributed by atoms with E-state index in [2.05, 4.69) is 36.4 Å². The third-order valence-electron chi connectivity index (χ3n) is 3.52. The van der Waals surface area contributed by atoms with E-state index in [1.807, 2.05) is 54.9 Å². The first-order chi connectivity index (χ1) is 12.0. The molecule has 0 saturated heterocycles. The van der Waals surface area contributed by atoms with E-state index in [4.69, 9.17) is 0 Å². The van der Waals surface area contributed by atoms with Gasteiger partial charge in [0, 0.05) is 23.4 Å². The van der Waals surface area contributed by atoms with Gasteiger partial charge in [0.25, 0.3) is 0 Å². The number of carbonyl (C=O) groups is 1. The predicted octanol–water partition coefficient (Wildman–Crippen LogP) is 3.68. The lowest BCUT2D eigenvalue weighted by molar-refractivity contribution is -0.113. The highest BCUT2D eigenvalue weighted by atomic mass is 79.9. The molecule has 0 spiro atoms. The van der Waals surface area contributed by atoms with Gasteiger partial charge in [-0.3, -0.25) is 9.78 Å². The van der Waals surface area contributed by atoms with E-state index < -0.39 is 0 Å². The number of aryl methyl sites for hydroxylation is 1. The Balaban J connectivity index is 1.64. The van der Waals surface area contributed by atoms with Gasteiger partial charge in [0.15, 0.2) is 11.0 Å². The van der Waals surface area contributed by atoms with E-state index in [1.54, 1.807) is 6.20 Å². The lowest BCUT2D eigenvalue weighted by atomic mass is 10.2. The smallest absolute Gasteiger partial charge is 0.234 e. The average Bonchev–Trinajstić information content (AvgIpc) is 2.97. The molecule has 0 aliphatic rings. The van der Waals surface area contributed by atoms with Crippen LogP contribution < -0.4 is 5.32 Å². The molecule has 0 atom stereocenters. The monoisotopic (exact) mass is 417 g/mol. The number of carbonyl (C=O) groups excluding carboxylic acids is 1. The molecule has 8 heteroatoms. The molecular formula is C17H16BrN5OS. The summed E-state index contributed by atoms with van der Waals surface area (Å²) in [7, 11) is 1.86. The van der Waals surface area contributed by atoms with Gasteiger partial charge in [0.05, 0.1) is 5.75 Å². The van der Waals surface area contributed by atoms with E-state index in [0.29, 0.717) is 11.0 Å². The Morgan fingerprint density at radius 1 is 1.28 bits per heavy atom. The van der Waals surface area contributed by atoms with Crippen molar-refractivity contribution in [3.63, 3.8) is 0 Å². The number of amides is 1. The third-order valence-corrected chi connectivity index (χ3v) is 5.04. The minimum atomic E-state index is -0.0854. The van der Waals surface area contributed by atoms with Gasteiger partial charge < -0.3 is 9.88 Å². The Kier molecular flexibility index (Phi) is 5.50. The number of hydrogen-bond donors (Lipinski definition) is 1. The number of anilines is 1. The third kappa shape index (κ3) is 4.26. The Labute approximate surface area is 158 Å². The van der Waals surface area contributed by atoms with Crippen LogP contribution in [0.5, 0.6) is 0 Å². The van der Waals surface area contributed by atoms with Crippen LogP contribution in [0.1, 0.15) is 5.56 Å². The van der Waals surface area contributed by atoms with Gasteiger partial charge in [0.2, 0.25) is 5.91 Å².